The molecule has 3 aromatic carbocycles. The lowest BCUT2D eigenvalue weighted by atomic mass is 10.2. The molecule has 33 heavy (non-hydrogen) atoms. The van der Waals surface area contributed by atoms with Crippen LogP contribution in [0.1, 0.15) is 11.1 Å². The molecule has 0 aliphatic rings. The van der Waals surface area contributed by atoms with E-state index in [1.165, 1.54) is 13.0 Å². The number of sulfonamides is 2. The third-order valence-corrected chi connectivity index (χ3v) is 8.72. The summed E-state index contributed by atoms with van der Waals surface area (Å²) >= 11 is 0. The molecule has 0 radical (unpaired) electrons. The van der Waals surface area contributed by atoms with E-state index < -0.39 is 64.5 Å². The smallest absolute Gasteiger partial charge is 0.416 e. The van der Waals surface area contributed by atoms with Crippen molar-refractivity contribution in [1.29, 1.82) is 0 Å². The average Bonchev–Trinajstić information content (AvgIpc) is 2.71. The molecular formula is C20H16F3NO7S2. The fourth-order valence-electron chi connectivity index (χ4n) is 2.81. The van der Waals surface area contributed by atoms with Crippen LogP contribution >= 0.6 is 0 Å². The first kappa shape index (κ1) is 24.2. The van der Waals surface area contributed by atoms with Crippen LogP contribution in [0.4, 0.5) is 18.9 Å². The van der Waals surface area contributed by atoms with Crippen LogP contribution in [0.2, 0.25) is 0 Å². The first-order chi connectivity index (χ1) is 15.2. The Kier molecular flexibility index (Phi) is 5.98. The Hall–Kier alpha value is -3.45. The van der Waals surface area contributed by atoms with Crippen LogP contribution in [-0.2, 0) is 26.2 Å². The Morgan fingerprint density at radius 2 is 1.27 bits per heavy atom. The number of hydrogen-bond acceptors (Lipinski definition) is 7. The van der Waals surface area contributed by atoms with Crippen LogP contribution in [-0.4, -0.2) is 32.2 Å². The van der Waals surface area contributed by atoms with Crippen LogP contribution in [0.25, 0.3) is 0 Å². The first-order valence-corrected chi connectivity index (χ1v) is 11.8. The highest BCUT2D eigenvalue weighted by Gasteiger charge is 2.39. The summed E-state index contributed by atoms with van der Waals surface area (Å²) in [6, 6.07) is 7.66. The molecule has 3 aromatic rings. The number of phenols is 3. The van der Waals surface area contributed by atoms with E-state index in [1.54, 1.807) is 0 Å². The number of alkyl halides is 3. The number of anilines is 1. The van der Waals surface area contributed by atoms with E-state index in [2.05, 4.69) is 0 Å². The number of nitrogens with zero attached hydrogens (tertiary/aromatic N) is 1. The maximum Gasteiger partial charge on any atom is 0.416 e. The molecule has 0 heterocycles. The van der Waals surface area contributed by atoms with E-state index in [0.717, 1.165) is 36.4 Å². The minimum Gasteiger partial charge on any atom is -0.508 e. The number of aromatic hydroxyl groups is 3. The fraction of sp³-hybridized carbons (Fsp3) is 0.100. The van der Waals surface area contributed by atoms with Gasteiger partial charge in [-0.25, -0.2) is 16.8 Å². The number of hydrogen-bond donors (Lipinski definition) is 3. The SMILES string of the molecule is Cc1ccc(S(=O)(=O)N(c2cccc(C(F)(F)F)c2)S(=O)(=O)c2ccc(O)c(O)c2)cc1O. The Bertz CT molecular complexity index is 1350. The van der Waals surface area contributed by atoms with Crippen molar-refractivity contribution in [2.45, 2.75) is 22.9 Å². The molecule has 13 heteroatoms. The molecule has 0 amide bonds. The van der Waals surface area contributed by atoms with E-state index in [0.29, 0.717) is 18.2 Å². The Labute approximate surface area is 186 Å². The fourth-order valence-corrected chi connectivity index (χ4v) is 6.52. The monoisotopic (exact) mass is 503 g/mol. The number of rotatable bonds is 5. The summed E-state index contributed by atoms with van der Waals surface area (Å²) in [5.41, 5.74) is -1.90. The zero-order valence-corrected chi connectivity index (χ0v) is 18.3. The van der Waals surface area contributed by atoms with E-state index in [9.17, 15) is 45.3 Å². The van der Waals surface area contributed by atoms with Crippen LogP contribution in [0.5, 0.6) is 17.2 Å². The molecule has 0 saturated heterocycles. The molecule has 176 valence electrons. The summed E-state index contributed by atoms with van der Waals surface area (Å²) in [6.07, 6.45) is -4.91. The molecule has 3 rings (SSSR count). The Balaban J connectivity index is 2.34. The van der Waals surface area contributed by atoms with Gasteiger partial charge in [0.05, 0.1) is 21.0 Å². The highest BCUT2D eigenvalue weighted by molar-refractivity contribution is 8.10. The van der Waals surface area contributed by atoms with Gasteiger partial charge >= 0.3 is 6.18 Å². The molecule has 0 unspecified atom stereocenters. The van der Waals surface area contributed by atoms with E-state index in [-0.39, 0.29) is 9.27 Å². The molecule has 0 bridgehead atoms. The Morgan fingerprint density at radius 1 is 0.727 bits per heavy atom. The number of aryl methyl sites for hydroxylation is 1. The average molecular weight is 503 g/mol. The first-order valence-electron chi connectivity index (χ1n) is 8.95. The van der Waals surface area contributed by atoms with Crippen molar-refractivity contribution in [1.82, 2.24) is 0 Å². The summed E-state index contributed by atoms with van der Waals surface area (Å²) in [5.74, 6) is -2.09. The van der Waals surface area contributed by atoms with Gasteiger partial charge in [0.15, 0.2) is 11.5 Å². The third-order valence-electron chi connectivity index (χ3n) is 4.54. The summed E-state index contributed by atoms with van der Waals surface area (Å²) in [7, 11) is -10.3. The van der Waals surface area contributed by atoms with Crippen molar-refractivity contribution >= 4 is 25.7 Å². The minimum atomic E-state index is -5.16. The molecule has 8 nitrogen and oxygen atoms in total. The molecule has 3 N–H and O–H groups in total. The number of phenolic OH excluding ortho intramolecular Hbond substituents is 3. The second kappa shape index (κ2) is 8.15. The zero-order chi connectivity index (χ0) is 24.8. The highest BCUT2D eigenvalue weighted by atomic mass is 32.3. The van der Waals surface area contributed by atoms with Crippen LogP contribution < -0.4 is 3.71 Å². The predicted octanol–water partition coefficient (Wildman–Crippen LogP) is 3.71. The molecular weight excluding hydrogens is 487 g/mol. The predicted molar refractivity (Wildman–Crippen MR) is 111 cm³/mol. The van der Waals surface area contributed by atoms with E-state index in [1.807, 2.05) is 0 Å². The van der Waals surface area contributed by atoms with Gasteiger partial charge in [-0.2, -0.15) is 16.9 Å². The van der Waals surface area contributed by atoms with Crippen LogP contribution in [0, 0.1) is 6.92 Å². The Morgan fingerprint density at radius 3 is 1.79 bits per heavy atom. The van der Waals surface area contributed by atoms with Crippen molar-refractivity contribution in [3.8, 4) is 17.2 Å². The van der Waals surface area contributed by atoms with Gasteiger partial charge in [0.25, 0.3) is 20.0 Å². The minimum absolute atomic E-state index is 0.231. The van der Waals surface area contributed by atoms with Crippen molar-refractivity contribution in [2.24, 2.45) is 0 Å². The van der Waals surface area contributed by atoms with Gasteiger partial charge in [0.2, 0.25) is 0 Å². The van der Waals surface area contributed by atoms with Crippen LogP contribution in [0.3, 0.4) is 0 Å². The van der Waals surface area contributed by atoms with Crippen molar-refractivity contribution in [3.05, 3.63) is 71.8 Å². The lowest BCUT2D eigenvalue weighted by molar-refractivity contribution is -0.137. The van der Waals surface area contributed by atoms with Crippen molar-refractivity contribution in [2.75, 3.05) is 3.71 Å². The van der Waals surface area contributed by atoms with E-state index in [4.69, 9.17) is 0 Å². The third kappa shape index (κ3) is 4.54. The standard InChI is InChI=1S/C20H16F3NO7S2/c1-12-5-6-15(10-18(12)26)32(28,29)24(14-4-2-3-13(9-14)20(21,22)23)33(30,31)16-7-8-17(25)19(27)11-16/h2-11,25-27H,1H3. The molecule has 0 aromatic heterocycles. The second-order valence-corrected chi connectivity index (χ2v) is 10.7. The molecule has 0 spiro atoms. The largest absolute Gasteiger partial charge is 0.508 e. The summed E-state index contributed by atoms with van der Waals surface area (Å²) in [4.78, 5) is -1.54. The van der Waals surface area contributed by atoms with Crippen molar-refractivity contribution in [3.63, 3.8) is 0 Å². The number of benzene rings is 3. The normalized spacial score (nSPS) is 12.5. The van der Waals surface area contributed by atoms with Gasteiger partial charge in [-0.05, 0) is 48.9 Å². The molecule has 0 aliphatic heterocycles. The summed E-state index contributed by atoms with van der Waals surface area (Å²) in [5, 5.41) is 29.1. The van der Waals surface area contributed by atoms with Gasteiger partial charge in [0, 0.05) is 12.1 Å². The molecule has 0 fully saturated rings. The number of halogens is 3. The van der Waals surface area contributed by atoms with Gasteiger partial charge < -0.3 is 15.3 Å². The summed E-state index contributed by atoms with van der Waals surface area (Å²) in [6.45, 7) is 1.45. The molecule has 0 aliphatic carbocycles. The van der Waals surface area contributed by atoms with Crippen molar-refractivity contribution < 1.29 is 45.3 Å². The molecule has 0 atom stereocenters. The summed E-state index contributed by atoms with van der Waals surface area (Å²) < 4.78 is 93.0. The van der Waals surface area contributed by atoms with E-state index >= 15 is 0 Å². The maximum atomic E-state index is 13.4. The lowest BCUT2D eigenvalue weighted by Crippen LogP contribution is -2.37. The maximum absolute atomic E-state index is 13.4. The highest BCUT2D eigenvalue weighted by Crippen LogP contribution is 2.38. The van der Waals surface area contributed by atoms with Gasteiger partial charge in [-0.1, -0.05) is 12.1 Å². The second-order valence-electron chi connectivity index (χ2n) is 6.85. The molecule has 0 saturated carbocycles. The zero-order valence-electron chi connectivity index (χ0n) is 16.6. The van der Waals surface area contributed by atoms with Gasteiger partial charge in [-0.3, -0.25) is 0 Å². The quantitative estimate of drug-likeness (QED) is 0.452. The lowest BCUT2D eigenvalue weighted by Gasteiger charge is -2.25. The van der Waals surface area contributed by atoms with Gasteiger partial charge in [0.1, 0.15) is 5.75 Å². The van der Waals surface area contributed by atoms with Crippen LogP contribution in [0.15, 0.2) is 70.5 Å². The van der Waals surface area contributed by atoms with Gasteiger partial charge in [-0.15, -0.1) is 0 Å². The topological polar surface area (TPSA) is 132 Å².